The molecule has 0 aromatic heterocycles. The van der Waals surface area contributed by atoms with Crippen molar-refractivity contribution in [3.05, 3.63) is 0 Å². The van der Waals surface area contributed by atoms with Crippen LogP contribution in [0.1, 0.15) is 46.5 Å². The number of carbonyl (C=O) groups is 2. The molecule has 2 aliphatic heterocycles. The monoisotopic (exact) mass is 282 g/mol. The third-order valence-electron chi connectivity index (χ3n) is 4.87. The van der Waals surface area contributed by atoms with Gasteiger partial charge in [-0.15, -0.1) is 0 Å². The quantitative estimate of drug-likeness (QED) is 0.846. The smallest absolute Gasteiger partial charge is 0.246 e. The van der Waals surface area contributed by atoms with Crippen molar-refractivity contribution in [1.82, 2.24) is 10.2 Å². The highest BCUT2D eigenvalue weighted by Crippen LogP contribution is 2.31. The first-order valence-electron chi connectivity index (χ1n) is 7.75. The van der Waals surface area contributed by atoms with E-state index in [1.54, 1.807) is 6.92 Å². The molecule has 2 aliphatic rings. The molecule has 2 saturated heterocycles. The summed E-state index contributed by atoms with van der Waals surface area (Å²) in [6.45, 7) is 7.96. The summed E-state index contributed by atoms with van der Waals surface area (Å²) in [5.41, 5.74) is -0.665. The van der Waals surface area contributed by atoms with Gasteiger partial charge in [0.1, 0.15) is 11.6 Å². The zero-order chi connectivity index (χ0) is 14.8. The number of hydrogen-bond acceptors (Lipinski definition) is 3. The highest BCUT2D eigenvalue weighted by molar-refractivity contribution is 5.99. The van der Waals surface area contributed by atoms with Crippen molar-refractivity contribution in [2.75, 3.05) is 19.8 Å². The summed E-state index contributed by atoms with van der Waals surface area (Å²) in [4.78, 5) is 26.9. The van der Waals surface area contributed by atoms with E-state index in [-0.39, 0.29) is 11.8 Å². The molecule has 0 aromatic carbocycles. The van der Waals surface area contributed by atoms with E-state index in [0.29, 0.717) is 25.3 Å². The van der Waals surface area contributed by atoms with Crippen molar-refractivity contribution < 1.29 is 14.3 Å². The number of ether oxygens (including phenoxy) is 1. The largest absolute Gasteiger partial charge is 0.381 e. The number of nitrogens with zero attached hydrogens (tertiary/aromatic N) is 1. The molecule has 1 atom stereocenters. The highest BCUT2D eigenvalue weighted by Gasteiger charge is 2.49. The third kappa shape index (κ3) is 2.55. The van der Waals surface area contributed by atoms with Crippen molar-refractivity contribution in [2.45, 2.75) is 58.0 Å². The first-order valence-corrected chi connectivity index (χ1v) is 7.75. The molecule has 1 N–H and O–H groups in total. The lowest BCUT2D eigenvalue weighted by Crippen LogP contribution is -2.70. The maximum atomic E-state index is 12.6. The van der Waals surface area contributed by atoms with Crippen LogP contribution in [0.4, 0.5) is 0 Å². The van der Waals surface area contributed by atoms with Gasteiger partial charge in [0.2, 0.25) is 11.8 Å². The molecule has 0 spiro atoms. The average molecular weight is 282 g/mol. The molecule has 0 aliphatic carbocycles. The standard InChI is InChI=1S/C15H26N2O3/c1-4-15(5-2)14(19)16-11(3)13(18)17(15)10-12-6-8-20-9-7-12/h11-12H,4-10H2,1-3H3,(H,16,19). The number of carbonyl (C=O) groups excluding carboxylic acids is 2. The van der Waals surface area contributed by atoms with Gasteiger partial charge in [-0.25, -0.2) is 0 Å². The molecule has 0 bridgehead atoms. The van der Waals surface area contributed by atoms with Crippen LogP contribution in [0.2, 0.25) is 0 Å². The van der Waals surface area contributed by atoms with Crippen molar-refractivity contribution in [3.8, 4) is 0 Å². The van der Waals surface area contributed by atoms with Crippen LogP contribution in [0.25, 0.3) is 0 Å². The number of piperazine rings is 1. The Morgan fingerprint density at radius 2 is 1.85 bits per heavy atom. The van der Waals surface area contributed by atoms with Crippen LogP contribution >= 0.6 is 0 Å². The van der Waals surface area contributed by atoms with Gasteiger partial charge < -0.3 is 15.0 Å². The molecular formula is C15H26N2O3. The summed E-state index contributed by atoms with van der Waals surface area (Å²) >= 11 is 0. The topological polar surface area (TPSA) is 58.6 Å². The molecule has 5 nitrogen and oxygen atoms in total. The molecule has 5 heteroatoms. The van der Waals surface area contributed by atoms with Crippen LogP contribution in [0, 0.1) is 5.92 Å². The van der Waals surface area contributed by atoms with Crippen LogP contribution < -0.4 is 5.32 Å². The van der Waals surface area contributed by atoms with E-state index in [4.69, 9.17) is 4.74 Å². The molecule has 2 fully saturated rings. The minimum atomic E-state index is -0.665. The maximum absolute atomic E-state index is 12.6. The molecule has 2 heterocycles. The molecule has 2 rings (SSSR count). The van der Waals surface area contributed by atoms with Crippen LogP contribution in [-0.2, 0) is 14.3 Å². The molecule has 2 amide bonds. The van der Waals surface area contributed by atoms with E-state index in [9.17, 15) is 9.59 Å². The van der Waals surface area contributed by atoms with Gasteiger partial charge in [-0.2, -0.15) is 0 Å². The Morgan fingerprint density at radius 3 is 2.40 bits per heavy atom. The van der Waals surface area contributed by atoms with Crippen molar-refractivity contribution in [3.63, 3.8) is 0 Å². The lowest BCUT2D eigenvalue weighted by atomic mass is 9.84. The summed E-state index contributed by atoms with van der Waals surface area (Å²) in [6, 6.07) is -0.409. The lowest BCUT2D eigenvalue weighted by molar-refractivity contribution is -0.159. The van der Waals surface area contributed by atoms with E-state index >= 15 is 0 Å². The van der Waals surface area contributed by atoms with Crippen molar-refractivity contribution >= 4 is 11.8 Å². The van der Waals surface area contributed by atoms with Gasteiger partial charge >= 0.3 is 0 Å². The first kappa shape index (κ1) is 15.3. The van der Waals surface area contributed by atoms with E-state index in [1.807, 2.05) is 18.7 Å². The Balaban J connectivity index is 2.22. The van der Waals surface area contributed by atoms with E-state index in [1.165, 1.54) is 0 Å². The molecule has 0 radical (unpaired) electrons. The van der Waals surface area contributed by atoms with Gasteiger partial charge in [0.25, 0.3) is 0 Å². The maximum Gasteiger partial charge on any atom is 0.246 e. The molecule has 1 unspecified atom stereocenters. The second-order valence-electron chi connectivity index (χ2n) is 5.94. The SMILES string of the molecule is CCC1(CC)C(=O)NC(C)C(=O)N1CC1CCOCC1. The fourth-order valence-corrected chi connectivity index (χ4v) is 3.36. The zero-order valence-electron chi connectivity index (χ0n) is 12.8. The Hall–Kier alpha value is -1.10. The molecule has 114 valence electrons. The number of amides is 2. The van der Waals surface area contributed by atoms with Crippen LogP contribution in [0.15, 0.2) is 0 Å². The number of hydrogen-bond donors (Lipinski definition) is 1. The van der Waals surface area contributed by atoms with E-state index in [0.717, 1.165) is 26.1 Å². The van der Waals surface area contributed by atoms with Gasteiger partial charge in [-0.3, -0.25) is 9.59 Å². The van der Waals surface area contributed by atoms with Crippen molar-refractivity contribution in [2.24, 2.45) is 5.92 Å². The van der Waals surface area contributed by atoms with E-state index in [2.05, 4.69) is 5.32 Å². The Bertz CT molecular complexity index is 373. The number of rotatable bonds is 4. The summed E-state index contributed by atoms with van der Waals surface area (Å²) < 4.78 is 5.38. The van der Waals surface area contributed by atoms with Crippen LogP contribution in [-0.4, -0.2) is 48.1 Å². The molecule has 0 saturated carbocycles. The fourth-order valence-electron chi connectivity index (χ4n) is 3.36. The summed E-state index contributed by atoms with van der Waals surface area (Å²) in [5.74, 6) is 0.504. The van der Waals surface area contributed by atoms with E-state index < -0.39 is 11.6 Å². The van der Waals surface area contributed by atoms with Gasteiger partial charge in [0, 0.05) is 19.8 Å². The minimum absolute atomic E-state index is 0.00154. The Kier molecular flexibility index (Phi) is 4.68. The fraction of sp³-hybridized carbons (Fsp3) is 0.867. The van der Waals surface area contributed by atoms with Gasteiger partial charge in [0.05, 0.1) is 0 Å². The van der Waals surface area contributed by atoms with Gasteiger partial charge in [-0.05, 0) is 38.5 Å². The Morgan fingerprint density at radius 1 is 1.25 bits per heavy atom. The highest BCUT2D eigenvalue weighted by atomic mass is 16.5. The second kappa shape index (κ2) is 6.12. The summed E-state index contributed by atoms with van der Waals surface area (Å²) in [6.07, 6.45) is 3.28. The minimum Gasteiger partial charge on any atom is -0.381 e. The molecular weight excluding hydrogens is 256 g/mol. The predicted octanol–water partition coefficient (Wildman–Crippen LogP) is 1.32. The number of nitrogens with one attached hydrogen (secondary N) is 1. The normalized spacial score (nSPS) is 27.6. The lowest BCUT2D eigenvalue weighted by Gasteiger charge is -2.48. The zero-order valence-corrected chi connectivity index (χ0v) is 12.8. The predicted molar refractivity (Wildman–Crippen MR) is 76.2 cm³/mol. The average Bonchev–Trinajstić information content (AvgIpc) is 2.47. The van der Waals surface area contributed by atoms with Crippen molar-refractivity contribution in [1.29, 1.82) is 0 Å². The van der Waals surface area contributed by atoms with Gasteiger partial charge in [0.15, 0.2) is 0 Å². The second-order valence-corrected chi connectivity index (χ2v) is 5.94. The summed E-state index contributed by atoms with van der Waals surface area (Å²) in [7, 11) is 0. The molecule has 20 heavy (non-hydrogen) atoms. The third-order valence-corrected chi connectivity index (χ3v) is 4.87. The molecule has 0 aromatic rings. The summed E-state index contributed by atoms with van der Waals surface area (Å²) in [5, 5.41) is 2.83. The van der Waals surface area contributed by atoms with Crippen LogP contribution in [0.3, 0.4) is 0 Å². The van der Waals surface area contributed by atoms with Crippen LogP contribution in [0.5, 0.6) is 0 Å². The first-order chi connectivity index (χ1) is 9.55. The van der Waals surface area contributed by atoms with Gasteiger partial charge in [-0.1, -0.05) is 13.8 Å². The Labute approximate surface area is 121 Å².